The van der Waals surface area contributed by atoms with Gasteiger partial charge in [-0.1, -0.05) is 19.1 Å². The third-order valence-electron chi connectivity index (χ3n) is 3.91. The predicted molar refractivity (Wildman–Crippen MR) is 76.7 cm³/mol. The van der Waals surface area contributed by atoms with Crippen LogP contribution in [-0.2, 0) is 14.6 Å². The van der Waals surface area contributed by atoms with Gasteiger partial charge >= 0.3 is 5.97 Å². The summed E-state index contributed by atoms with van der Waals surface area (Å²) in [5.41, 5.74) is -0.206. The third-order valence-corrected chi connectivity index (χ3v) is 5.69. The highest BCUT2D eigenvalue weighted by atomic mass is 32.2. The number of hydrogen-bond acceptors (Lipinski definition) is 4. The molecule has 1 aromatic rings. The lowest BCUT2D eigenvalue weighted by Gasteiger charge is -2.23. The van der Waals surface area contributed by atoms with Crippen molar-refractivity contribution in [2.45, 2.75) is 25.2 Å². The maximum absolute atomic E-state index is 12.1. The van der Waals surface area contributed by atoms with E-state index in [1.165, 1.54) is 0 Å². The van der Waals surface area contributed by atoms with Crippen molar-refractivity contribution in [1.82, 2.24) is 0 Å². The monoisotopic (exact) mass is 297 g/mol. The van der Waals surface area contributed by atoms with E-state index in [9.17, 15) is 18.3 Å². The Hall–Kier alpha value is -1.56. The lowest BCUT2D eigenvalue weighted by atomic mass is 9.90. The second-order valence-electron chi connectivity index (χ2n) is 5.41. The Labute approximate surface area is 119 Å². The highest BCUT2D eigenvalue weighted by molar-refractivity contribution is 7.91. The Morgan fingerprint density at radius 2 is 2.05 bits per heavy atom. The number of sulfone groups is 1. The van der Waals surface area contributed by atoms with Crippen molar-refractivity contribution < 1.29 is 18.3 Å². The van der Waals surface area contributed by atoms with Crippen LogP contribution >= 0.6 is 0 Å². The molecule has 6 heteroatoms. The fourth-order valence-corrected chi connectivity index (χ4v) is 3.59. The fourth-order valence-electron chi connectivity index (χ4n) is 2.48. The number of para-hydroxylation sites is 1. The molecule has 110 valence electrons. The van der Waals surface area contributed by atoms with Gasteiger partial charge in [-0.15, -0.1) is 0 Å². The molecule has 5 nitrogen and oxygen atoms in total. The second kappa shape index (κ2) is 5.09. The van der Waals surface area contributed by atoms with Crippen LogP contribution in [0, 0.1) is 5.41 Å². The first kappa shape index (κ1) is 14.8. The molecular weight excluding hydrogens is 278 g/mol. The van der Waals surface area contributed by atoms with E-state index in [1.54, 1.807) is 38.1 Å². The van der Waals surface area contributed by atoms with Crippen molar-refractivity contribution in [2.75, 3.05) is 23.7 Å². The number of carbonyl (C=O) groups is 1. The molecule has 0 aliphatic carbocycles. The van der Waals surface area contributed by atoms with E-state index >= 15 is 0 Å². The first-order chi connectivity index (χ1) is 9.30. The molecular formula is C14H19NO4S. The number of aliphatic carboxylic acids is 1. The minimum absolute atomic E-state index is 0.0358. The Bertz CT molecular complexity index is 626. The maximum atomic E-state index is 12.1. The molecule has 0 amide bonds. The number of anilines is 1. The molecule has 1 saturated heterocycles. The van der Waals surface area contributed by atoms with Crippen LogP contribution in [0.5, 0.6) is 0 Å². The van der Waals surface area contributed by atoms with Crippen LogP contribution in [0.4, 0.5) is 5.69 Å². The summed E-state index contributed by atoms with van der Waals surface area (Å²) < 4.78 is 24.3. The van der Waals surface area contributed by atoms with Gasteiger partial charge in [0.2, 0.25) is 0 Å². The Morgan fingerprint density at radius 1 is 1.40 bits per heavy atom. The van der Waals surface area contributed by atoms with Crippen LogP contribution in [0.25, 0.3) is 0 Å². The van der Waals surface area contributed by atoms with Crippen LogP contribution in [-0.4, -0.2) is 38.3 Å². The van der Waals surface area contributed by atoms with Gasteiger partial charge in [-0.3, -0.25) is 4.79 Å². The number of nitrogens with zero attached hydrogens (tertiary/aromatic N) is 1. The van der Waals surface area contributed by atoms with Crippen molar-refractivity contribution in [1.29, 1.82) is 0 Å². The van der Waals surface area contributed by atoms with E-state index in [1.807, 2.05) is 4.90 Å². The Balaban J connectivity index is 2.39. The molecule has 0 radical (unpaired) electrons. The first-order valence-corrected chi connectivity index (χ1v) is 8.25. The van der Waals surface area contributed by atoms with Crippen LogP contribution in [0.15, 0.2) is 29.2 Å². The number of hydrogen-bond donors (Lipinski definition) is 1. The number of carboxylic acid groups (broad SMARTS) is 1. The Morgan fingerprint density at radius 3 is 2.60 bits per heavy atom. The van der Waals surface area contributed by atoms with Gasteiger partial charge in [0.1, 0.15) is 0 Å². The van der Waals surface area contributed by atoms with E-state index in [4.69, 9.17) is 0 Å². The molecule has 2 rings (SSSR count). The average Bonchev–Trinajstić information content (AvgIpc) is 2.83. The van der Waals surface area contributed by atoms with Gasteiger partial charge in [-0.2, -0.15) is 0 Å². The lowest BCUT2D eigenvalue weighted by Crippen LogP contribution is -2.32. The molecule has 1 heterocycles. The summed E-state index contributed by atoms with van der Waals surface area (Å²) in [5, 5.41) is 9.27. The molecule has 1 N–H and O–H groups in total. The van der Waals surface area contributed by atoms with Crippen LogP contribution in [0.2, 0.25) is 0 Å². The standard InChI is InChI=1S/C14H19NO4S/c1-3-20(18,19)12-7-5-4-6-11(12)15-9-8-14(2,10-15)13(16)17/h4-7H,3,8-10H2,1-2H3,(H,16,17). The molecule has 0 spiro atoms. The zero-order chi connectivity index (χ0) is 15.0. The maximum Gasteiger partial charge on any atom is 0.311 e. The van der Waals surface area contributed by atoms with Gasteiger partial charge in [0.25, 0.3) is 0 Å². The smallest absolute Gasteiger partial charge is 0.311 e. The normalized spacial score (nSPS) is 23.0. The van der Waals surface area contributed by atoms with Gasteiger partial charge in [-0.05, 0) is 25.5 Å². The minimum atomic E-state index is -3.31. The van der Waals surface area contributed by atoms with Crippen LogP contribution < -0.4 is 4.90 Å². The Kier molecular flexibility index (Phi) is 3.77. The predicted octanol–water partition coefficient (Wildman–Crippen LogP) is 1.78. The van der Waals surface area contributed by atoms with Crippen molar-refractivity contribution >= 4 is 21.5 Å². The largest absolute Gasteiger partial charge is 0.481 e. The van der Waals surface area contributed by atoms with Crippen LogP contribution in [0.1, 0.15) is 20.3 Å². The molecule has 1 atom stereocenters. The summed E-state index contributed by atoms with van der Waals surface area (Å²) in [5.74, 6) is -0.801. The molecule has 1 aliphatic heterocycles. The topological polar surface area (TPSA) is 74.7 Å². The lowest BCUT2D eigenvalue weighted by molar-refractivity contribution is -0.146. The third kappa shape index (κ3) is 2.52. The SMILES string of the molecule is CCS(=O)(=O)c1ccccc1N1CCC(C)(C(=O)O)C1. The van der Waals surface area contributed by atoms with E-state index in [-0.39, 0.29) is 10.6 Å². The van der Waals surface area contributed by atoms with E-state index in [0.29, 0.717) is 25.2 Å². The van der Waals surface area contributed by atoms with Gasteiger partial charge in [0, 0.05) is 13.1 Å². The molecule has 20 heavy (non-hydrogen) atoms. The summed E-state index contributed by atoms with van der Waals surface area (Å²) in [6, 6.07) is 6.81. The molecule has 1 aliphatic rings. The van der Waals surface area contributed by atoms with Crippen LogP contribution in [0.3, 0.4) is 0 Å². The quantitative estimate of drug-likeness (QED) is 0.917. The summed E-state index contributed by atoms with van der Waals surface area (Å²) in [6.45, 7) is 4.20. The van der Waals surface area contributed by atoms with E-state index < -0.39 is 21.2 Å². The van der Waals surface area contributed by atoms with E-state index in [0.717, 1.165) is 0 Å². The zero-order valence-electron chi connectivity index (χ0n) is 11.7. The summed E-state index contributed by atoms with van der Waals surface area (Å²) in [4.78, 5) is 13.4. The van der Waals surface area contributed by atoms with Gasteiger partial charge in [0.15, 0.2) is 9.84 Å². The van der Waals surface area contributed by atoms with Crippen molar-refractivity contribution in [2.24, 2.45) is 5.41 Å². The van der Waals surface area contributed by atoms with E-state index in [2.05, 4.69) is 0 Å². The fraction of sp³-hybridized carbons (Fsp3) is 0.500. The highest BCUT2D eigenvalue weighted by Gasteiger charge is 2.41. The van der Waals surface area contributed by atoms with Crippen molar-refractivity contribution in [3.63, 3.8) is 0 Å². The second-order valence-corrected chi connectivity index (χ2v) is 7.66. The zero-order valence-corrected chi connectivity index (χ0v) is 12.5. The molecule has 0 aromatic heterocycles. The molecule has 1 aromatic carbocycles. The first-order valence-electron chi connectivity index (χ1n) is 6.60. The summed E-state index contributed by atoms with van der Waals surface area (Å²) in [6.07, 6.45) is 0.517. The summed E-state index contributed by atoms with van der Waals surface area (Å²) in [7, 11) is -3.31. The van der Waals surface area contributed by atoms with Gasteiger partial charge in [-0.25, -0.2) is 8.42 Å². The van der Waals surface area contributed by atoms with Gasteiger partial charge in [0.05, 0.1) is 21.8 Å². The highest BCUT2D eigenvalue weighted by Crippen LogP contribution is 2.36. The van der Waals surface area contributed by atoms with Crippen molar-refractivity contribution in [3.05, 3.63) is 24.3 Å². The number of benzene rings is 1. The number of carboxylic acids is 1. The minimum Gasteiger partial charge on any atom is -0.481 e. The molecule has 1 fully saturated rings. The molecule has 0 bridgehead atoms. The van der Waals surface area contributed by atoms with Gasteiger partial charge < -0.3 is 10.0 Å². The molecule has 1 unspecified atom stereocenters. The van der Waals surface area contributed by atoms with Crippen molar-refractivity contribution in [3.8, 4) is 0 Å². The average molecular weight is 297 g/mol. The molecule has 0 saturated carbocycles. The number of rotatable bonds is 4. The summed E-state index contributed by atoms with van der Waals surface area (Å²) >= 11 is 0.